The molecule has 0 amide bonds. The molecule has 0 aliphatic heterocycles. The van der Waals surface area contributed by atoms with Crippen LogP contribution in [-0.2, 0) is 14.4 Å². The van der Waals surface area contributed by atoms with Gasteiger partial charge in [0.1, 0.15) is 0 Å². The molecule has 0 bridgehead atoms. The molecule has 108 valence electrons. The molecular formula is C15H12O6. The van der Waals surface area contributed by atoms with Crippen LogP contribution in [0.2, 0.25) is 0 Å². The fourth-order valence-corrected chi connectivity index (χ4v) is 2.56. The van der Waals surface area contributed by atoms with Gasteiger partial charge in [0, 0.05) is 5.92 Å². The van der Waals surface area contributed by atoms with Gasteiger partial charge in [-0.15, -0.1) is 0 Å². The lowest BCUT2D eigenvalue weighted by Gasteiger charge is -2.34. The highest BCUT2D eigenvalue weighted by Crippen LogP contribution is 2.46. The second-order valence-electron chi connectivity index (χ2n) is 4.58. The zero-order chi connectivity index (χ0) is 15.6. The molecule has 6 nitrogen and oxygen atoms in total. The number of carboxylic acid groups (broad SMARTS) is 3. The Balaban J connectivity index is 2.73. The zero-order valence-electron chi connectivity index (χ0n) is 10.8. The van der Waals surface area contributed by atoms with Gasteiger partial charge in [0.2, 0.25) is 5.41 Å². The minimum Gasteiger partial charge on any atom is -0.480 e. The summed E-state index contributed by atoms with van der Waals surface area (Å²) < 4.78 is 0. The quantitative estimate of drug-likeness (QED) is 0.724. The van der Waals surface area contributed by atoms with Gasteiger partial charge in [0.05, 0.1) is 5.57 Å². The second kappa shape index (κ2) is 5.24. The SMILES string of the molecule is O=C(O)C1=CC=CC(c2ccccc2)C1(C(=O)O)C(=O)O. The highest BCUT2D eigenvalue weighted by molar-refractivity contribution is 6.12. The summed E-state index contributed by atoms with van der Waals surface area (Å²) in [5.41, 5.74) is -2.80. The molecule has 0 saturated carbocycles. The van der Waals surface area contributed by atoms with E-state index in [-0.39, 0.29) is 0 Å². The van der Waals surface area contributed by atoms with E-state index in [0.717, 1.165) is 6.08 Å². The molecule has 0 saturated heterocycles. The normalized spacial score (nSPS) is 19.6. The molecule has 1 aromatic carbocycles. The number of benzene rings is 1. The lowest BCUT2D eigenvalue weighted by atomic mass is 9.65. The smallest absolute Gasteiger partial charge is 0.333 e. The van der Waals surface area contributed by atoms with Gasteiger partial charge in [0.15, 0.2) is 0 Å². The van der Waals surface area contributed by atoms with E-state index in [4.69, 9.17) is 0 Å². The van der Waals surface area contributed by atoms with E-state index in [0.29, 0.717) is 5.56 Å². The van der Waals surface area contributed by atoms with Crippen molar-refractivity contribution >= 4 is 17.9 Å². The average molecular weight is 288 g/mol. The first kappa shape index (κ1) is 14.5. The topological polar surface area (TPSA) is 112 Å². The molecule has 0 fully saturated rings. The molecule has 3 N–H and O–H groups in total. The van der Waals surface area contributed by atoms with Crippen LogP contribution in [0.1, 0.15) is 11.5 Å². The molecule has 0 spiro atoms. The third-order valence-electron chi connectivity index (χ3n) is 3.52. The Morgan fingerprint density at radius 3 is 2.00 bits per heavy atom. The van der Waals surface area contributed by atoms with Crippen molar-refractivity contribution in [2.24, 2.45) is 5.41 Å². The Bertz CT molecular complexity index is 642. The monoisotopic (exact) mass is 288 g/mol. The van der Waals surface area contributed by atoms with Crippen LogP contribution in [0.15, 0.2) is 54.1 Å². The average Bonchev–Trinajstić information content (AvgIpc) is 2.46. The van der Waals surface area contributed by atoms with Crippen LogP contribution in [0, 0.1) is 5.41 Å². The summed E-state index contributed by atoms with van der Waals surface area (Å²) in [6.45, 7) is 0. The Morgan fingerprint density at radius 2 is 1.52 bits per heavy atom. The summed E-state index contributed by atoms with van der Waals surface area (Å²) in [4.78, 5) is 34.7. The third kappa shape index (κ3) is 2.10. The molecule has 1 aromatic rings. The van der Waals surface area contributed by atoms with Gasteiger partial charge in [-0.2, -0.15) is 0 Å². The number of aliphatic carboxylic acids is 3. The fraction of sp³-hybridized carbons (Fsp3) is 0.133. The van der Waals surface area contributed by atoms with Crippen molar-refractivity contribution in [3.8, 4) is 0 Å². The van der Waals surface area contributed by atoms with Crippen molar-refractivity contribution < 1.29 is 29.7 Å². The van der Waals surface area contributed by atoms with Crippen LogP contribution in [0.3, 0.4) is 0 Å². The predicted molar refractivity (Wildman–Crippen MR) is 71.7 cm³/mol. The van der Waals surface area contributed by atoms with Crippen molar-refractivity contribution in [1.29, 1.82) is 0 Å². The highest BCUT2D eigenvalue weighted by Gasteiger charge is 2.58. The van der Waals surface area contributed by atoms with E-state index in [1.165, 1.54) is 12.2 Å². The summed E-state index contributed by atoms with van der Waals surface area (Å²) in [5.74, 6) is -6.08. The summed E-state index contributed by atoms with van der Waals surface area (Å²) in [6.07, 6.45) is 3.78. The van der Waals surface area contributed by atoms with Crippen LogP contribution in [0.5, 0.6) is 0 Å². The Labute approximate surface area is 119 Å². The number of allylic oxidation sites excluding steroid dienone is 3. The number of carbonyl (C=O) groups is 3. The van der Waals surface area contributed by atoms with E-state index in [9.17, 15) is 29.7 Å². The van der Waals surface area contributed by atoms with E-state index >= 15 is 0 Å². The first-order valence-electron chi connectivity index (χ1n) is 6.06. The molecule has 1 aliphatic carbocycles. The van der Waals surface area contributed by atoms with Crippen LogP contribution < -0.4 is 0 Å². The largest absolute Gasteiger partial charge is 0.480 e. The zero-order valence-corrected chi connectivity index (χ0v) is 10.8. The molecule has 2 rings (SSSR count). The molecular weight excluding hydrogens is 276 g/mol. The highest BCUT2D eigenvalue weighted by atomic mass is 16.4. The molecule has 0 radical (unpaired) electrons. The number of rotatable bonds is 4. The van der Waals surface area contributed by atoms with Gasteiger partial charge < -0.3 is 15.3 Å². The molecule has 0 aromatic heterocycles. The molecule has 1 atom stereocenters. The number of hydrogen-bond donors (Lipinski definition) is 3. The Kier molecular flexibility index (Phi) is 3.62. The van der Waals surface area contributed by atoms with Crippen molar-refractivity contribution in [3.05, 3.63) is 59.7 Å². The second-order valence-corrected chi connectivity index (χ2v) is 4.58. The van der Waals surface area contributed by atoms with E-state index < -0.39 is 34.8 Å². The van der Waals surface area contributed by atoms with Gasteiger partial charge in [0.25, 0.3) is 0 Å². The molecule has 1 aliphatic rings. The van der Waals surface area contributed by atoms with E-state index in [2.05, 4.69) is 0 Å². The first-order chi connectivity index (χ1) is 9.92. The van der Waals surface area contributed by atoms with Crippen molar-refractivity contribution in [1.82, 2.24) is 0 Å². The Morgan fingerprint density at radius 1 is 0.952 bits per heavy atom. The molecule has 1 unspecified atom stereocenters. The van der Waals surface area contributed by atoms with Gasteiger partial charge >= 0.3 is 17.9 Å². The first-order valence-corrected chi connectivity index (χ1v) is 6.06. The van der Waals surface area contributed by atoms with E-state index in [1.54, 1.807) is 30.3 Å². The maximum atomic E-state index is 11.7. The third-order valence-corrected chi connectivity index (χ3v) is 3.52. The van der Waals surface area contributed by atoms with Gasteiger partial charge in [-0.25, -0.2) is 4.79 Å². The standard InChI is InChI=1S/C15H12O6/c16-12(17)11-8-4-7-10(9-5-2-1-3-6-9)15(11,13(18)19)14(20)21/h1-8,10H,(H,16,17)(H,18,19)(H,20,21). The fourth-order valence-electron chi connectivity index (χ4n) is 2.56. The van der Waals surface area contributed by atoms with Crippen LogP contribution in [0.4, 0.5) is 0 Å². The molecule has 21 heavy (non-hydrogen) atoms. The molecule has 6 heteroatoms. The summed E-state index contributed by atoms with van der Waals surface area (Å²) in [7, 11) is 0. The lowest BCUT2D eigenvalue weighted by molar-refractivity contribution is -0.165. The maximum Gasteiger partial charge on any atom is 0.333 e. The van der Waals surface area contributed by atoms with Crippen molar-refractivity contribution in [2.45, 2.75) is 5.92 Å². The van der Waals surface area contributed by atoms with Gasteiger partial charge in [-0.05, 0) is 5.56 Å². The Hall–Kier alpha value is -2.89. The summed E-state index contributed by atoms with van der Waals surface area (Å²) >= 11 is 0. The van der Waals surface area contributed by atoms with Crippen molar-refractivity contribution in [3.63, 3.8) is 0 Å². The van der Waals surface area contributed by atoms with Crippen LogP contribution in [0.25, 0.3) is 0 Å². The van der Waals surface area contributed by atoms with Gasteiger partial charge in [-0.1, -0.05) is 48.6 Å². The predicted octanol–water partition coefficient (Wildman–Crippen LogP) is 1.51. The van der Waals surface area contributed by atoms with E-state index in [1.807, 2.05) is 0 Å². The van der Waals surface area contributed by atoms with Gasteiger partial charge in [-0.3, -0.25) is 9.59 Å². The van der Waals surface area contributed by atoms with Crippen LogP contribution in [-0.4, -0.2) is 33.2 Å². The number of carboxylic acids is 3. The summed E-state index contributed by atoms with van der Waals surface area (Å²) in [6, 6.07) is 8.11. The summed E-state index contributed by atoms with van der Waals surface area (Å²) in [5, 5.41) is 28.2. The maximum absolute atomic E-state index is 11.7. The molecule has 0 heterocycles. The minimum absolute atomic E-state index is 0.422. The minimum atomic E-state index is -2.55. The lowest BCUT2D eigenvalue weighted by Crippen LogP contribution is -2.48. The van der Waals surface area contributed by atoms with Crippen molar-refractivity contribution in [2.75, 3.05) is 0 Å². The van der Waals surface area contributed by atoms with Crippen LogP contribution >= 0.6 is 0 Å². The number of hydrogen-bond acceptors (Lipinski definition) is 3.